The van der Waals surface area contributed by atoms with E-state index in [1.165, 1.54) is 0 Å². The molecule has 0 bridgehead atoms. The van der Waals surface area contributed by atoms with Gasteiger partial charge < -0.3 is 20.7 Å². The predicted molar refractivity (Wildman–Crippen MR) is 142 cm³/mol. The predicted octanol–water partition coefficient (Wildman–Crippen LogP) is 3.41. The first-order chi connectivity index (χ1) is 19.1. The van der Waals surface area contributed by atoms with Crippen LogP contribution in [0.5, 0.6) is 0 Å². The van der Waals surface area contributed by atoms with Crippen molar-refractivity contribution in [3.63, 3.8) is 0 Å². The summed E-state index contributed by atoms with van der Waals surface area (Å²) in [7, 11) is 2.11. The van der Waals surface area contributed by atoms with E-state index in [1.807, 2.05) is 24.3 Å². The number of benzene rings is 1. The summed E-state index contributed by atoms with van der Waals surface area (Å²) in [5.41, 5.74) is 5.50. The first-order valence-electron chi connectivity index (χ1n) is 14.0. The smallest absolute Gasteiger partial charge is 0.369 e. The van der Waals surface area contributed by atoms with E-state index in [4.69, 9.17) is 10.5 Å². The van der Waals surface area contributed by atoms with Crippen molar-refractivity contribution in [2.45, 2.75) is 56.5 Å². The molecule has 2 spiro atoms. The van der Waals surface area contributed by atoms with Crippen LogP contribution in [-0.2, 0) is 22.3 Å². The number of rotatable bonds is 8. The lowest BCUT2D eigenvalue weighted by Gasteiger charge is -2.31. The van der Waals surface area contributed by atoms with Gasteiger partial charge in [-0.3, -0.25) is 15.0 Å². The van der Waals surface area contributed by atoms with Crippen molar-refractivity contribution in [1.82, 2.24) is 25.1 Å². The van der Waals surface area contributed by atoms with Gasteiger partial charge in [-0.15, -0.1) is 0 Å². The third-order valence-electron chi connectivity index (χ3n) is 9.29. The Kier molecular flexibility index (Phi) is 7.00. The normalized spacial score (nSPS) is 30.5. The van der Waals surface area contributed by atoms with Crippen LogP contribution >= 0.6 is 0 Å². The summed E-state index contributed by atoms with van der Waals surface area (Å²) in [6, 6.07) is 6.90. The van der Waals surface area contributed by atoms with Crippen LogP contribution < -0.4 is 16.4 Å². The largest absolute Gasteiger partial charge is 0.419 e. The van der Waals surface area contributed by atoms with Crippen molar-refractivity contribution in [2.75, 3.05) is 45.3 Å². The molecule has 9 nitrogen and oxygen atoms in total. The van der Waals surface area contributed by atoms with Gasteiger partial charge in [-0.25, -0.2) is 9.97 Å². The average Bonchev–Trinajstić information content (AvgIpc) is 3.80. The lowest BCUT2D eigenvalue weighted by atomic mass is 9.73. The number of amides is 1. The van der Waals surface area contributed by atoms with Gasteiger partial charge in [0.15, 0.2) is 0 Å². The van der Waals surface area contributed by atoms with Crippen LogP contribution in [0.3, 0.4) is 0 Å². The molecule has 4 fully saturated rings. The maximum Gasteiger partial charge on any atom is 0.419 e. The number of carbonyl (C=O) groups is 1. The Morgan fingerprint density at radius 3 is 2.65 bits per heavy atom. The molecule has 2 saturated heterocycles. The molecule has 2 saturated carbocycles. The van der Waals surface area contributed by atoms with E-state index < -0.39 is 23.3 Å². The summed E-state index contributed by atoms with van der Waals surface area (Å²) in [5.74, 6) is -0.592. The summed E-state index contributed by atoms with van der Waals surface area (Å²) in [6.45, 7) is 5.08. The Bertz CT molecular complexity index is 1250. The van der Waals surface area contributed by atoms with E-state index in [0.29, 0.717) is 31.9 Å². The molecule has 216 valence electrons. The van der Waals surface area contributed by atoms with Crippen molar-refractivity contribution >= 4 is 17.5 Å². The second kappa shape index (κ2) is 10.2. The number of nitrogens with two attached hydrogens (primary N) is 1. The van der Waals surface area contributed by atoms with Gasteiger partial charge in [0.25, 0.3) is 0 Å². The quantitative estimate of drug-likeness (QED) is 0.421. The molecule has 1 aromatic heterocycles. The number of carbonyl (C=O) groups excluding carboxylic acids is 1. The van der Waals surface area contributed by atoms with Gasteiger partial charge in [-0.2, -0.15) is 13.2 Å². The Morgan fingerprint density at radius 1 is 1.20 bits per heavy atom. The molecule has 12 heteroatoms. The maximum absolute atomic E-state index is 14.0. The molecule has 1 amide bonds. The van der Waals surface area contributed by atoms with Crippen LogP contribution in [0, 0.1) is 11.3 Å². The highest BCUT2D eigenvalue weighted by molar-refractivity contribution is 5.79. The molecule has 4 atom stereocenters. The molecule has 0 radical (unpaired) electrons. The molecular weight excluding hydrogens is 523 g/mol. The summed E-state index contributed by atoms with van der Waals surface area (Å²) in [5, 5.41) is 6.34. The number of piperazine rings is 1. The second-order valence-electron chi connectivity index (χ2n) is 11.8. The fraction of sp³-hybridized carbons (Fsp3) is 0.607. The van der Waals surface area contributed by atoms with Gasteiger partial charge in [0.2, 0.25) is 11.9 Å². The summed E-state index contributed by atoms with van der Waals surface area (Å²) < 4.78 is 47.8. The minimum Gasteiger partial charge on any atom is -0.369 e. The number of anilines is 2. The Hall–Kier alpha value is -2.80. The fourth-order valence-electron chi connectivity index (χ4n) is 6.93. The van der Waals surface area contributed by atoms with Crippen LogP contribution in [0.25, 0.3) is 0 Å². The molecule has 1 aromatic carbocycles. The summed E-state index contributed by atoms with van der Waals surface area (Å²) >= 11 is 0. The van der Waals surface area contributed by atoms with Gasteiger partial charge >= 0.3 is 6.18 Å². The van der Waals surface area contributed by atoms with Crippen molar-refractivity contribution in [3.8, 4) is 0 Å². The molecule has 2 aromatic rings. The first-order valence-corrected chi connectivity index (χ1v) is 14.0. The highest BCUT2D eigenvalue weighted by Crippen LogP contribution is 2.77. The number of hydrogen-bond donors (Lipinski definition) is 3. The molecular formula is C28H36F3N7O2. The van der Waals surface area contributed by atoms with Crippen molar-refractivity contribution < 1.29 is 22.7 Å². The number of halogens is 3. The molecule has 2 aliphatic heterocycles. The minimum absolute atomic E-state index is 0.0791. The van der Waals surface area contributed by atoms with E-state index >= 15 is 0 Å². The lowest BCUT2D eigenvalue weighted by molar-refractivity contribution is -0.138. The third-order valence-corrected chi connectivity index (χ3v) is 9.29. The van der Waals surface area contributed by atoms with Gasteiger partial charge in [0.05, 0.1) is 30.6 Å². The van der Waals surface area contributed by atoms with E-state index in [9.17, 15) is 18.0 Å². The molecule has 2 aliphatic carbocycles. The molecule has 4 aliphatic rings. The second-order valence-corrected chi connectivity index (χ2v) is 11.8. The van der Waals surface area contributed by atoms with Crippen LogP contribution in [0.15, 0.2) is 30.5 Å². The number of fused-ring (bicyclic) bond motifs is 1. The molecule has 40 heavy (non-hydrogen) atoms. The molecule has 3 heterocycles. The zero-order valence-electron chi connectivity index (χ0n) is 22.6. The van der Waals surface area contributed by atoms with Crippen molar-refractivity contribution in [2.24, 2.45) is 17.1 Å². The SMILES string of the molecule is CN1CCN(COCc2ccc(Nc3ncc(C(F)(F)F)c(C4NC45C[C@@]54CCCC[C@H]4C(N)=O)n3)cc2)CC1. The van der Waals surface area contributed by atoms with E-state index in [-0.39, 0.29) is 28.9 Å². The lowest BCUT2D eigenvalue weighted by Crippen LogP contribution is -2.45. The first kappa shape index (κ1) is 27.4. The van der Waals surface area contributed by atoms with E-state index in [0.717, 1.165) is 57.2 Å². The van der Waals surface area contributed by atoms with Crippen molar-refractivity contribution in [1.29, 1.82) is 0 Å². The number of alkyl halides is 3. The Morgan fingerprint density at radius 2 is 1.95 bits per heavy atom. The number of nitrogens with zero attached hydrogens (tertiary/aromatic N) is 4. The number of hydrogen-bond acceptors (Lipinski definition) is 8. The number of likely N-dealkylation sites (N-methyl/N-ethyl adjacent to an activating group) is 1. The number of aromatic nitrogens is 2. The monoisotopic (exact) mass is 559 g/mol. The Labute approximate surface area is 231 Å². The zero-order valence-corrected chi connectivity index (χ0v) is 22.6. The molecule has 2 unspecified atom stereocenters. The van der Waals surface area contributed by atoms with Crippen molar-refractivity contribution in [3.05, 3.63) is 47.3 Å². The van der Waals surface area contributed by atoms with Crippen LogP contribution in [0.2, 0.25) is 0 Å². The highest BCUT2D eigenvalue weighted by atomic mass is 19.4. The zero-order chi connectivity index (χ0) is 28.1. The van der Waals surface area contributed by atoms with Gasteiger partial charge in [-0.05, 0) is 44.0 Å². The summed E-state index contributed by atoms with van der Waals surface area (Å²) in [6.07, 6.45) is 0.217. The maximum atomic E-state index is 14.0. The number of ether oxygens (including phenoxy) is 1. The van der Waals surface area contributed by atoms with E-state index in [2.05, 4.69) is 37.4 Å². The van der Waals surface area contributed by atoms with Crippen LogP contribution in [0.4, 0.5) is 24.8 Å². The minimum atomic E-state index is -4.59. The molecule has 4 N–H and O–H groups in total. The number of nitrogens with one attached hydrogen (secondary N) is 2. The molecule has 6 rings (SSSR count). The fourth-order valence-corrected chi connectivity index (χ4v) is 6.93. The number of primary amides is 1. The average molecular weight is 560 g/mol. The standard InChI is InChI=1S/C28H36F3N7O2/c1-37-10-12-38(13-11-37)17-40-15-18-5-7-19(8-6-18)34-25-33-14-21(28(29,30)31)22(35-25)23-27(36-23)16-26(27)9-3-2-4-20(26)24(32)39/h5-8,14,20,23,36H,2-4,9-13,15-17H2,1H3,(H2,32,39)(H,33,34,35)/t20-,23?,26+,27?/m0/s1. The van der Waals surface area contributed by atoms with Crippen LogP contribution in [0.1, 0.15) is 55.0 Å². The van der Waals surface area contributed by atoms with Crippen LogP contribution in [-0.4, -0.2) is 71.2 Å². The highest BCUT2D eigenvalue weighted by Gasteiger charge is 2.83. The third kappa shape index (κ3) is 5.06. The summed E-state index contributed by atoms with van der Waals surface area (Å²) in [4.78, 5) is 25.1. The van der Waals surface area contributed by atoms with Gasteiger partial charge in [-0.1, -0.05) is 25.0 Å². The topological polar surface area (TPSA) is 119 Å². The Balaban J connectivity index is 1.13. The van der Waals surface area contributed by atoms with Gasteiger partial charge in [0.1, 0.15) is 0 Å². The van der Waals surface area contributed by atoms with Gasteiger partial charge in [0, 0.05) is 54.9 Å². The van der Waals surface area contributed by atoms with E-state index in [1.54, 1.807) is 0 Å².